The quantitative estimate of drug-likeness (QED) is 0.623. The van der Waals surface area contributed by atoms with E-state index in [0.29, 0.717) is 6.54 Å². The number of nitrogens with two attached hydrogens (primary N) is 1. The van der Waals surface area contributed by atoms with Crippen molar-refractivity contribution in [1.29, 1.82) is 0 Å². The molecule has 1 aromatic rings. The zero-order chi connectivity index (χ0) is 11.3. The van der Waals surface area contributed by atoms with E-state index in [1.807, 2.05) is 0 Å². The highest BCUT2D eigenvalue weighted by Crippen LogP contribution is 2.15. The molecule has 0 saturated heterocycles. The Labute approximate surface area is 93.1 Å². The fourth-order valence-electron chi connectivity index (χ4n) is 1.21. The Morgan fingerprint density at radius 3 is 3.00 bits per heavy atom. The number of aryl methyl sites for hydroxylation is 1. The van der Waals surface area contributed by atoms with Gasteiger partial charge >= 0.3 is 5.97 Å². The number of carboxylic acid groups (broad SMARTS) is 1. The van der Waals surface area contributed by atoms with Crippen LogP contribution in [-0.4, -0.2) is 30.2 Å². The van der Waals surface area contributed by atoms with E-state index in [1.54, 1.807) is 11.3 Å². The Hall–Kier alpha value is -0.910. The smallest absolute Gasteiger partial charge is 0.321 e. The molecule has 1 rings (SSSR count). The Morgan fingerprint density at radius 1 is 1.73 bits per heavy atom. The second-order valence-corrected chi connectivity index (χ2v) is 4.43. The molecule has 15 heavy (non-hydrogen) atoms. The lowest BCUT2D eigenvalue weighted by atomic mass is 10.2. The average molecular weight is 228 g/mol. The minimum atomic E-state index is -0.963. The Kier molecular flexibility index (Phi) is 4.74. The molecule has 0 aliphatic carbocycles. The van der Waals surface area contributed by atoms with Crippen molar-refractivity contribution < 1.29 is 9.90 Å². The third-order valence-electron chi connectivity index (χ3n) is 2.18. The summed E-state index contributed by atoms with van der Waals surface area (Å²) < 4.78 is 0. The van der Waals surface area contributed by atoms with Gasteiger partial charge in [-0.25, -0.2) is 0 Å². The van der Waals surface area contributed by atoms with E-state index >= 15 is 0 Å². The van der Waals surface area contributed by atoms with Crippen LogP contribution in [0.5, 0.6) is 0 Å². The van der Waals surface area contributed by atoms with E-state index in [4.69, 9.17) is 10.8 Å². The van der Waals surface area contributed by atoms with Crippen molar-refractivity contribution in [2.24, 2.45) is 5.73 Å². The van der Waals surface area contributed by atoms with E-state index < -0.39 is 12.0 Å². The predicted molar refractivity (Wildman–Crippen MR) is 61.2 cm³/mol. The first-order valence-corrected chi connectivity index (χ1v) is 5.71. The lowest BCUT2D eigenvalue weighted by molar-refractivity contribution is -0.138. The fraction of sp³-hybridized carbons (Fsp3) is 0.500. The number of hydrogen-bond donors (Lipinski definition) is 3. The van der Waals surface area contributed by atoms with Crippen molar-refractivity contribution in [3.63, 3.8) is 0 Å². The maximum atomic E-state index is 10.4. The van der Waals surface area contributed by atoms with Crippen LogP contribution in [0.3, 0.4) is 0 Å². The van der Waals surface area contributed by atoms with Gasteiger partial charge in [0.15, 0.2) is 0 Å². The summed E-state index contributed by atoms with van der Waals surface area (Å²) in [5, 5.41) is 13.6. The van der Waals surface area contributed by atoms with E-state index in [-0.39, 0.29) is 0 Å². The molecule has 0 saturated carbocycles. The van der Waals surface area contributed by atoms with Gasteiger partial charge in [-0.15, -0.1) is 11.3 Å². The minimum Gasteiger partial charge on any atom is -0.480 e. The van der Waals surface area contributed by atoms with Crippen LogP contribution >= 0.6 is 11.3 Å². The van der Waals surface area contributed by atoms with Crippen LogP contribution < -0.4 is 11.1 Å². The lowest BCUT2D eigenvalue weighted by Crippen LogP contribution is -2.40. The molecule has 0 radical (unpaired) electrons. The summed E-state index contributed by atoms with van der Waals surface area (Å²) in [5.41, 5.74) is 6.64. The molecule has 0 bridgehead atoms. The molecule has 1 heterocycles. The molecule has 1 unspecified atom stereocenters. The zero-order valence-electron chi connectivity index (χ0n) is 8.69. The standard InChI is InChI=1S/C10H16N2O2S/c1-7-3-5-15-9(7)2-4-12-6-8(11)10(13)14/h3,5,8,12H,2,4,6,11H2,1H3,(H,13,14). The normalized spacial score (nSPS) is 12.7. The van der Waals surface area contributed by atoms with Crippen LogP contribution in [0.2, 0.25) is 0 Å². The van der Waals surface area contributed by atoms with Gasteiger partial charge in [0.1, 0.15) is 6.04 Å². The van der Waals surface area contributed by atoms with E-state index in [1.165, 1.54) is 10.4 Å². The number of hydrogen-bond acceptors (Lipinski definition) is 4. The Balaban J connectivity index is 2.17. The molecule has 0 spiro atoms. The van der Waals surface area contributed by atoms with Gasteiger partial charge in [0.05, 0.1) is 0 Å². The summed E-state index contributed by atoms with van der Waals surface area (Å²) in [4.78, 5) is 11.8. The number of thiophene rings is 1. The lowest BCUT2D eigenvalue weighted by Gasteiger charge is -2.07. The first-order chi connectivity index (χ1) is 7.11. The van der Waals surface area contributed by atoms with Crippen LogP contribution in [0.4, 0.5) is 0 Å². The van der Waals surface area contributed by atoms with Crippen molar-refractivity contribution in [3.8, 4) is 0 Å². The highest BCUT2D eigenvalue weighted by Gasteiger charge is 2.09. The fourth-order valence-corrected chi connectivity index (χ4v) is 2.12. The molecule has 0 aromatic carbocycles. The molecule has 0 aliphatic rings. The molecule has 4 N–H and O–H groups in total. The second kappa shape index (κ2) is 5.85. The largest absolute Gasteiger partial charge is 0.480 e. The van der Waals surface area contributed by atoms with Crippen LogP contribution in [0.1, 0.15) is 10.4 Å². The molecule has 1 aromatic heterocycles. The summed E-state index contributed by atoms with van der Waals surface area (Å²) in [6.45, 7) is 3.16. The van der Waals surface area contributed by atoms with Crippen LogP contribution in [0.25, 0.3) is 0 Å². The second-order valence-electron chi connectivity index (χ2n) is 3.43. The molecule has 1 atom stereocenters. The highest BCUT2D eigenvalue weighted by molar-refractivity contribution is 7.10. The summed E-state index contributed by atoms with van der Waals surface area (Å²) in [5.74, 6) is -0.963. The van der Waals surface area contributed by atoms with Gasteiger partial charge in [-0.3, -0.25) is 4.79 Å². The third-order valence-corrected chi connectivity index (χ3v) is 3.26. The van der Waals surface area contributed by atoms with Gasteiger partial charge in [0.2, 0.25) is 0 Å². The van der Waals surface area contributed by atoms with Crippen molar-refractivity contribution in [1.82, 2.24) is 5.32 Å². The first kappa shape index (κ1) is 12.2. The number of rotatable bonds is 6. The Morgan fingerprint density at radius 2 is 2.47 bits per heavy atom. The monoisotopic (exact) mass is 228 g/mol. The van der Waals surface area contributed by atoms with Crippen molar-refractivity contribution in [3.05, 3.63) is 21.9 Å². The van der Waals surface area contributed by atoms with Crippen LogP contribution in [-0.2, 0) is 11.2 Å². The molecule has 5 heteroatoms. The van der Waals surface area contributed by atoms with Gasteiger partial charge in [0, 0.05) is 18.0 Å². The first-order valence-electron chi connectivity index (χ1n) is 4.83. The van der Waals surface area contributed by atoms with Crippen LogP contribution in [0, 0.1) is 6.92 Å². The summed E-state index contributed by atoms with van der Waals surface area (Å²) >= 11 is 1.73. The number of carbonyl (C=O) groups is 1. The molecule has 0 fully saturated rings. The number of nitrogens with one attached hydrogen (secondary N) is 1. The van der Waals surface area contributed by atoms with Crippen molar-refractivity contribution in [2.75, 3.05) is 13.1 Å². The van der Waals surface area contributed by atoms with E-state index in [9.17, 15) is 4.79 Å². The van der Waals surface area contributed by atoms with Gasteiger partial charge in [-0.2, -0.15) is 0 Å². The predicted octanol–water partition coefficient (Wildman–Crippen LogP) is 0.601. The maximum Gasteiger partial charge on any atom is 0.321 e. The van der Waals surface area contributed by atoms with E-state index in [0.717, 1.165) is 13.0 Å². The van der Waals surface area contributed by atoms with Gasteiger partial charge in [-0.1, -0.05) is 0 Å². The van der Waals surface area contributed by atoms with Crippen molar-refractivity contribution >= 4 is 17.3 Å². The molecular formula is C10H16N2O2S. The number of carboxylic acids is 1. The minimum absolute atomic E-state index is 0.319. The molecule has 4 nitrogen and oxygen atoms in total. The molecule has 0 amide bonds. The third kappa shape index (κ3) is 3.99. The van der Waals surface area contributed by atoms with Gasteiger partial charge in [0.25, 0.3) is 0 Å². The molecular weight excluding hydrogens is 212 g/mol. The van der Waals surface area contributed by atoms with E-state index in [2.05, 4.69) is 23.7 Å². The SMILES string of the molecule is Cc1ccsc1CCNCC(N)C(=O)O. The molecule has 0 aliphatic heterocycles. The summed E-state index contributed by atoms with van der Waals surface area (Å²) in [6.07, 6.45) is 0.926. The van der Waals surface area contributed by atoms with Crippen molar-refractivity contribution in [2.45, 2.75) is 19.4 Å². The average Bonchev–Trinajstić information content (AvgIpc) is 2.58. The number of aliphatic carboxylic acids is 1. The Bertz CT molecular complexity index is 325. The highest BCUT2D eigenvalue weighted by atomic mass is 32.1. The van der Waals surface area contributed by atoms with Gasteiger partial charge in [-0.05, 0) is 30.4 Å². The van der Waals surface area contributed by atoms with Crippen LogP contribution in [0.15, 0.2) is 11.4 Å². The topological polar surface area (TPSA) is 75.3 Å². The maximum absolute atomic E-state index is 10.4. The van der Waals surface area contributed by atoms with Gasteiger partial charge < -0.3 is 16.2 Å². The summed E-state index contributed by atoms with van der Waals surface area (Å²) in [6, 6.07) is 1.28. The molecule has 84 valence electrons. The summed E-state index contributed by atoms with van der Waals surface area (Å²) in [7, 11) is 0. The zero-order valence-corrected chi connectivity index (χ0v) is 9.51.